The van der Waals surface area contributed by atoms with E-state index < -0.39 is 103 Å². The second kappa shape index (κ2) is 21.3. The van der Waals surface area contributed by atoms with Gasteiger partial charge in [0.1, 0.15) is 24.2 Å². The Bertz CT molecular complexity index is 1030. The Labute approximate surface area is 253 Å². The molecule has 5 atom stereocenters. The van der Waals surface area contributed by atoms with E-state index in [2.05, 4.69) is 21.3 Å². The number of carboxylic acid groups (broad SMARTS) is 2. The molecule has 19 nitrogen and oxygen atoms in total. The zero-order valence-corrected chi connectivity index (χ0v) is 24.4. The smallest absolute Gasteiger partial charge is 0.326 e. The number of hydrogen-bond acceptors (Lipinski definition) is 11. The SMILES string of the molecule is NCCCCC(N)C(=O)NC(CC(N)=O)C(=O)NC(CCC(N)=O)C(=O)NC(CC(=O)O)C(=O)NC(CCCCN)C(=O)O. The van der Waals surface area contributed by atoms with Crippen molar-refractivity contribution in [3.8, 4) is 0 Å². The van der Waals surface area contributed by atoms with Crippen LogP contribution >= 0.6 is 0 Å². The molecule has 0 aliphatic carbocycles. The van der Waals surface area contributed by atoms with E-state index >= 15 is 0 Å². The maximum atomic E-state index is 13.1. The highest BCUT2D eigenvalue weighted by atomic mass is 16.4. The first-order valence-electron chi connectivity index (χ1n) is 14.0. The lowest BCUT2D eigenvalue weighted by Crippen LogP contribution is -2.59. The molecule has 0 saturated carbocycles. The van der Waals surface area contributed by atoms with Crippen molar-refractivity contribution in [3.63, 3.8) is 0 Å². The average Bonchev–Trinajstić information content (AvgIpc) is 2.92. The van der Waals surface area contributed by atoms with Crippen LogP contribution in [0, 0.1) is 0 Å². The topological polar surface area (TPSA) is 355 Å². The van der Waals surface area contributed by atoms with Gasteiger partial charge in [-0.25, -0.2) is 4.79 Å². The molecule has 44 heavy (non-hydrogen) atoms. The van der Waals surface area contributed by atoms with Gasteiger partial charge in [-0.05, 0) is 51.6 Å². The second-order valence-corrected chi connectivity index (χ2v) is 10.0. The summed E-state index contributed by atoms with van der Waals surface area (Å²) in [7, 11) is 0. The van der Waals surface area contributed by atoms with Crippen LogP contribution in [0.5, 0.6) is 0 Å². The number of nitrogens with one attached hydrogen (secondary N) is 4. The van der Waals surface area contributed by atoms with Crippen LogP contribution in [-0.2, 0) is 38.4 Å². The van der Waals surface area contributed by atoms with E-state index in [0.717, 1.165) is 0 Å². The van der Waals surface area contributed by atoms with E-state index in [0.29, 0.717) is 32.2 Å². The minimum absolute atomic E-state index is 0.0209. The van der Waals surface area contributed by atoms with E-state index in [4.69, 9.17) is 28.7 Å². The zero-order valence-electron chi connectivity index (χ0n) is 24.4. The summed E-state index contributed by atoms with van der Waals surface area (Å²) in [5.41, 5.74) is 27.0. The second-order valence-electron chi connectivity index (χ2n) is 10.0. The van der Waals surface area contributed by atoms with Gasteiger partial charge in [-0.2, -0.15) is 0 Å². The molecule has 19 heteroatoms. The lowest BCUT2D eigenvalue weighted by atomic mass is 10.1. The van der Waals surface area contributed by atoms with Crippen LogP contribution in [0.1, 0.15) is 64.2 Å². The fourth-order valence-electron chi connectivity index (χ4n) is 3.84. The third-order valence-electron chi connectivity index (χ3n) is 6.23. The Morgan fingerprint density at radius 1 is 0.545 bits per heavy atom. The Balaban J connectivity index is 5.89. The highest BCUT2D eigenvalue weighted by molar-refractivity contribution is 5.97. The molecule has 6 amide bonds. The first-order valence-corrected chi connectivity index (χ1v) is 14.0. The van der Waals surface area contributed by atoms with Gasteiger partial charge in [-0.15, -0.1) is 0 Å². The number of unbranched alkanes of at least 4 members (excludes halogenated alkanes) is 2. The summed E-state index contributed by atoms with van der Waals surface area (Å²) in [6.07, 6.45) is -0.425. The van der Waals surface area contributed by atoms with Crippen LogP contribution < -0.4 is 49.9 Å². The lowest BCUT2D eigenvalue weighted by molar-refractivity contribution is -0.143. The summed E-state index contributed by atoms with van der Waals surface area (Å²) in [4.78, 5) is 97.6. The predicted molar refractivity (Wildman–Crippen MR) is 154 cm³/mol. The molecule has 250 valence electrons. The third-order valence-corrected chi connectivity index (χ3v) is 6.23. The molecule has 0 spiro atoms. The van der Waals surface area contributed by atoms with Crippen molar-refractivity contribution in [2.75, 3.05) is 13.1 Å². The molecule has 0 fully saturated rings. The van der Waals surface area contributed by atoms with Crippen molar-refractivity contribution in [1.29, 1.82) is 0 Å². The number of nitrogens with two attached hydrogens (primary N) is 5. The van der Waals surface area contributed by atoms with Gasteiger partial charge in [0, 0.05) is 6.42 Å². The summed E-state index contributed by atoms with van der Waals surface area (Å²) in [5.74, 6) is -8.93. The molecule has 0 aromatic heterocycles. The monoisotopic (exact) mass is 631 g/mol. The molecule has 0 aliphatic heterocycles. The van der Waals surface area contributed by atoms with Crippen LogP contribution in [0.2, 0.25) is 0 Å². The molecule has 0 radical (unpaired) electrons. The average molecular weight is 632 g/mol. The van der Waals surface area contributed by atoms with Crippen molar-refractivity contribution >= 4 is 47.4 Å². The normalized spacial score (nSPS) is 14.2. The molecule has 0 aromatic rings. The highest BCUT2D eigenvalue weighted by Gasteiger charge is 2.33. The van der Waals surface area contributed by atoms with Crippen molar-refractivity contribution in [3.05, 3.63) is 0 Å². The molecule has 0 aliphatic rings. The van der Waals surface area contributed by atoms with Crippen LogP contribution in [0.3, 0.4) is 0 Å². The molecule has 16 N–H and O–H groups in total. The third kappa shape index (κ3) is 16.9. The summed E-state index contributed by atoms with van der Waals surface area (Å²) in [6, 6.07) is -7.47. The fourth-order valence-corrected chi connectivity index (χ4v) is 3.84. The number of primary amides is 2. The maximum Gasteiger partial charge on any atom is 0.326 e. The van der Waals surface area contributed by atoms with Crippen LogP contribution in [-0.4, -0.2) is 101 Å². The van der Waals surface area contributed by atoms with E-state index in [1.807, 2.05) is 0 Å². The molecule has 5 unspecified atom stereocenters. The van der Waals surface area contributed by atoms with E-state index in [1.165, 1.54) is 0 Å². The first-order chi connectivity index (χ1) is 20.6. The van der Waals surface area contributed by atoms with Gasteiger partial charge in [-0.1, -0.05) is 6.42 Å². The molecule has 0 saturated heterocycles. The van der Waals surface area contributed by atoms with Gasteiger partial charge in [0.05, 0.1) is 18.9 Å². The number of carbonyl (C=O) groups is 8. The minimum Gasteiger partial charge on any atom is -0.481 e. The van der Waals surface area contributed by atoms with Gasteiger partial charge in [0.25, 0.3) is 0 Å². The summed E-state index contributed by atoms with van der Waals surface area (Å²) >= 11 is 0. The van der Waals surface area contributed by atoms with Crippen molar-refractivity contribution < 1.29 is 48.6 Å². The standard InChI is InChI=1S/C25H45N9O10/c26-9-3-1-5-13(28)21(39)33-16(11-19(30)36)23(41)31-14(7-8-18(29)35)22(40)34-17(12-20(37)38)24(42)32-15(25(43)44)6-2-4-10-27/h13-17H,1-12,26-28H2,(H2,29,35)(H2,30,36)(H,31,41)(H,32,42)(H,33,39)(H,34,40)(H,37,38)(H,43,44). The first kappa shape index (κ1) is 39.6. The van der Waals surface area contributed by atoms with Gasteiger partial charge >= 0.3 is 11.9 Å². The van der Waals surface area contributed by atoms with Crippen molar-refractivity contribution in [2.24, 2.45) is 28.7 Å². The van der Waals surface area contributed by atoms with Gasteiger partial charge in [0.2, 0.25) is 35.4 Å². The largest absolute Gasteiger partial charge is 0.481 e. The van der Waals surface area contributed by atoms with Gasteiger partial charge < -0.3 is 60.1 Å². The van der Waals surface area contributed by atoms with E-state index in [-0.39, 0.29) is 19.4 Å². The maximum absolute atomic E-state index is 13.1. The van der Waals surface area contributed by atoms with E-state index in [9.17, 15) is 48.6 Å². The number of aliphatic carboxylic acids is 2. The number of rotatable bonds is 24. The predicted octanol–water partition coefficient (Wildman–Crippen LogP) is -4.79. The van der Waals surface area contributed by atoms with E-state index in [1.54, 1.807) is 0 Å². The van der Waals surface area contributed by atoms with Crippen LogP contribution in [0.4, 0.5) is 0 Å². The summed E-state index contributed by atoms with van der Waals surface area (Å²) in [5, 5.41) is 27.5. The van der Waals surface area contributed by atoms with Gasteiger partial charge in [0.15, 0.2) is 0 Å². The number of carboxylic acids is 2. The number of hydrogen-bond donors (Lipinski definition) is 11. The quantitative estimate of drug-likeness (QED) is 0.0446. The molecular formula is C25H45N9O10. The Morgan fingerprint density at radius 3 is 1.48 bits per heavy atom. The summed E-state index contributed by atoms with van der Waals surface area (Å²) in [6.45, 7) is 0.654. The Hall–Kier alpha value is -4.36. The zero-order chi connectivity index (χ0) is 33.8. The van der Waals surface area contributed by atoms with Crippen molar-refractivity contribution in [2.45, 2.75) is 94.4 Å². The number of carbonyl (C=O) groups excluding carboxylic acids is 6. The van der Waals surface area contributed by atoms with Crippen LogP contribution in [0.25, 0.3) is 0 Å². The summed E-state index contributed by atoms with van der Waals surface area (Å²) < 4.78 is 0. The molecule has 0 bridgehead atoms. The molecule has 0 heterocycles. The molecule has 0 rings (SSSR count). The highest BCUT2D eigenvalue weighted by Crippen LogP contribution is 2.06. The minimum atomic E-state index is -1.79. The Kier molecular flexibility index (Phi) is 19.2. The lowest BCUT2D eigenvalue weighted by Gasteiger charge is -2.25. The van der Waals surface area contributed by atoms with Crippen LogP contribution in [0.15, 0.2) is 0 Å². The van der Waals surface area contributed by atoms with Gasteiger partial charge in [-0.3, -0.25) is 33.6 Å². The van der Waals surface area contributed by atoms with Crippen molar-refractivity contribution in [1.82, 2.24) is 21.3 Å². The molecule has 0 aromatic carbocycles. The number of amides is 6. The molecular weight excluding hydrogens is 586 g/mol. The Morgan fingerprint density at radius 2 is 1.00 bits per heavy atom. The fraction of sp³-hybridized carbons (Fsp3) is 0.680.